The highest BCUT2D eigenvalue weighted by atomic mass is 16.6. The minimum atomic E-state index is -0.752. The normalized spacial score (nSPS) is 19.6. The Morgan fingerprint density at radius 3 is 2.50 bits per heavy atom. The van der Waals surface area contributed by atoms with E-state index < -0.39 is 11.8 Å². The average Bonchev–Trinajstić information content (AvgIpc) is 2.84. The molecule has 0 aliphatic heterocycles. The van der Waals surface area contributed by atoms with Crippen LogP contribution in [-0.4, -0.2) is 23.6 Å². The van der Waals surface area contributed by atoms with Gasteiger partial charge in [0.2, 0.25) is 5.91 Å². The molecule has 1 amide bonds. The number of amides is 1. The molecule has 0 aromatic rings. The third-order valence-electron chi connectivity index (χ3n) is 2.07. The third-order valence-corrected chi connectivity index (χ3v) is 2.07. The predicted octanol–water partition coefficient (Wildman–Crippen LogP) is -0.107. The maximum Gasteiger partial charge on any atom is 0.307 e. The first-order valence-electron chi connectivity index (χ1n) is 4.78. The number of nitrogens with two attached hydrogens (primary N) is 1. The first-order valence-corrected chi connectivity index (χ1v) is 4.78. The highest BCUT2D eigenvalue weighted by Gasteiger charge is 2.48. The largest absolute Gasteiger partial charge is 0.439 e. The summed E-state index contributed by atoms with van der Waals surface area (Å²) in [5, 5.41) is 2.63. The molecule has 0 radical (unpaired) electrons. The molecule has 1 fully saturated rings. The number of esters is 1. The fraction of sp³-hybridized carbons (Fsp3) is 0.778. The molecule has 5 heteroatoms. The second kappa shape index (κ2) is 3.96. The van der Waals surface area contributed by atoms with Gasteiger partial charge in [-0.2, -0.15) is 0 Å². The van der Waals surface area contributed by atoms with Crippen molar-refractivity contribution >= 4 is 11.9 Å². The Hall–Kier alpha value is -1.10. The van der Waals surface area contributed by atoms with Gasteiger partial charge in [-0.3, -0.25) is 9.59 Å². The highest BCUT2D eigenvalue weighted by molar-refractivity contribution is 5.82. The molecule has 1 atom stereocenters. The van der Waals surface area contributed by atoms with Crippen LogP contribution in [0.15, 0.2) is 0 Å². The van der Waals surface area contributed by atoms with Crippen molar-refractivity contribution < 1.29 is 14.3 Å². The lowest BCUT2D eigenvalue weighted by molar-refractivity contribution is -0.154. The molecule has 1 aliphatic rings. The van der Waals surface area contributed by atoms with E-state index in [-0.39, 0.29) is 11.9 Å². The van der Waals surface area contributed by atoms with Crippen LogP contribution < -0.4 is 11.1 Å². The Labute approximate surface area is 83.0 Å². The summed E-state index contributed by atoms with van der Waals surface area (Å²) in [6.45, 7) is 3.30. The van der Waals surface area contributed by atoms with Gasteiger partial charge in [-0.05, 0) is 6.92 Å². The highest BCUT2D eigenvalue weighted by Crippen LogP contribution is 2.36. The molecule has 0 aromatic heterocycles. The minimum absolute atomic E-state index is 0.286. The van der Waals surface area contributed by atoms with Gasteiger partial charge in [-0.1, -0.05) is 6.92 Å². The number of hydrogen-bond donors (Lipinski definition) is 2. The van der Waals surface area contributed by atoms with Gasteiger partial charge in [0.25, 0.3) is 0 Å². The predicted molar refractivity (Wildman–Crippen MR) is 50.1 cm³/mol. The Balaban J connectivity index is 2.43. The van der Waals surface area contributed by atoms with Crippen molar-refractivity contribution in [2.45, 2.75) is 44.9 Å². The number of rotatable bonds is 4. The first kappa shape index (κ1) is 11.0. The second-order valence-corrected chi connectivity index (χ2v) is 3.60. The van der Waals surface area contributed by atoms with Crippen molar-refractivity contribution in [2.24, 2.45) is 5.73 Å². The molecule has 1 aliphatic carbocycles. The molecule has 0 spiro atoms. The monoisotopic (exact) mass is 200 g/mol. The Kier molecular flexibility index (Phi) is 3.10. The van der Waals surface area contributed by atoms with Crippen LogP contribution in [0.3, 0.4) is 0 Å². The molecular weight excluding hydrogens is 184 g/mol. The molecule has 1 rings (SSSR count). The van der Waals surface area contributed by atoms with Crippen molar-refractivity contribution in [3.8, 4) is 0 Å². The maximum absolute atomic E-state index is 11.2. The van der Waals surface area contributed by atoms with Gasteiger partial charge >= 0.3 is 5.97 Å². The van der Waals surface area contributed by atoms with Crippen LogP contribution in [0.4, 0.5) is 0 Å². The van der Waals surface area contributed by atoms with Gasteiger partial charge in [0.05, 0.1) is 6.04 Å². The van der Waals surface area contributed by atoms with Crippen molar-refractivity contribution in [3.05, 3.63) is 0 Å². The van der Waals surface area contributed by atoms with Crippen molar-refractivity contribution in [2.75, 3.05) is 0 Å². The summed E-state index contributed by atoms with van der Waals surface area (Å²) in [4.78, 5) is 22.3. The van der Waals surface area contributed by atoms with Gasteiger partial charge in [-0.25, -0.2) is 0 Å². The van der Waals surface area contributed by atoms with Crippen LogP contribution in [0.5, 0.6) is 0 Å². The second-order valence-electron chi connectivity index (χ2n) is 3.60. The molecule has 0 aromatic carbocycles. The van der Waals surface area contributed by atoms with Crippen LogP contribution in [-0.2, 0) is 14.3 Å². The Morgan fingerprint density at radius 1 is 1.57 bits per heavy atom. The summed E-state index contributed by atoms with van der Waals surface area (Å²) in [6, 6.07) is -0.576. The smallest absolute Gasteiger partial charge is 0.307 e. The fourth-order valence-electron chi connectivity index (χ4n) is 0.995. The van der Waals surface area contributed by atoms with Crippen molar-refractivity contribution in [3.63, 3.8) is 0 Å². The molecule has 0 saturated heterocycles. The lowest BCUT2D eigenvalue weighted by Gasteiger charge is -2.19. The SMILES string of the molecule is CCC(=O)OC1(NC(=O)[C@H](C)N)CC1. The van der Waals surface area contributed by atoms with E-state index in [1.165, 1.54) is 0 Å². The van der Waals surface area contributed by atoms with Crippen LogP contribution >= 0.6 is 0 Å². The third kappa shape index (κ3) is 2.70. The standard InChI is InChI=1S/C9H16N2O3/c1-3-7(12)14-9(4-5-9)11-8(13)6(2)10/h6H,3-5,10H2,1-2H3,(H,11,13)/t6-/m0/s1. The van der Waals surface area contributed by atoms with E-state index in [1.807, 2.05) is 0 Å². The average molecular weight is 200 g/mol. The lowest BCUT2D eigenvalue weighted by Crippen LogP contribution is -2.47. The summed E-state index contributed by atoms with van der Waals surface area (Å²) < 4.78 is 5.09. The first-order chi connectivity index (χ1) is 6.49. The molecule has 0 heterocycles. The van der Waals surface area contributed by atoms with E-state index in [0.29, 0.717) is 19.3 Å². The molecule has 0 unspecified atom stereocenters. The van der Waals surface area contributed by atoms with E-state index in [0.717, 1.165) is 0 Å². The number of nitrogens with one attached hydrogen (secondary N) is 1. The van der Waals surface area contributed by atoms with Crippen molar-refractivity contribution in [1.29, 1.82) is 0 Å². The fourth-order valence-corrected chi connectivity index (χ4v) is 0.995. The van der Waals surface area contributed by atoms with Crippen LogP contribution in [0.1, 0.15) is 33.1 Å². The molecule has 3 N–H and O–H groups in total. The summed E-state index contributed by atoms with van der Waals surface area (Å²) in [7, 11) is 0. The quantitative estimate of drug-likeness (QED) is 0.490. The minimum Gasteiger partial charge on any atom is -0.439 e. The molecule has 5 nitrogen and oxygen atoms in total. The van der Waals surface area contributed by atoms with Gasteiger partial charge in [-0.15, -0.1) is 0 Å². The number of carbonyl (C=O) groups excluding carboxylic acids is 2. The van der Waals surface area contributed by atoms with Crippen LogP contribution in [0.2, 0.25) is 0 Å². The van der Waals surface area contributed by atoms with Gasteiger partial charge < -0.3 is 15.8 Å². The maximum atomic E-state index is 11.2. The Bertz CT molecular complexity index is 246. The van der Waals surface area contributed by atoms with E-state index in [1.54, 1.807) is 13.8 Å². The van der Waals surface area contributed by atoms with Gasteiger partial charge in [0.1, 0.15) is 0 Å². The van der Waals surface area contributed by atoms with Crippen LogP contribution in [0, 0.1) is 0 Å². The summed E-state index contributed by atoms with van der Waals surface area (Å²) >= 11 is 0. The Morgan fingerprint density at radius 2 is 2.14 bits per heavy atom. The molecule has 80 valence electrons. The van der Waals surface area contributed by atoms with E-state index in [9.17, 15) is 9.59 Å². The summed E-state index contributed by atoms with van der Waals surface area (Å²) in [6.07, 6.45) is 1.67. The van der Waals surface area contributed by atoms with E-state index in [4.69, 9.17) is 10.5 Å². The number of carbonyl (C=O) groups is 2. The van der Waals surface area contributed by atoms with Crippen molar-refractivity contribution in [1.82, 2.24) is 5.32 Å². The van der Waals surface area contributed by atoms with E-state index >= 15 is 0 Å². The number of hydrogen-bond acceptors (Lipinski definition) is 4. The topological polar surface area (TPSA) is 81.4 Å². The number of ether oxygens (including phenoxy) is 1. The summed E-state index contributed by atoms with van der Waals surface area (Å²) in [5.41, 5.74) is 4.63. The molecule has 14 heavy (non-hydrogen) atoms. The van der Waals surface area contributed by atoms with E-state index in [2.05, 4.69) is 5.32 Å². The molecule has 0 bridgehead atoms. The van der Waals surface area contributed by atoms with Gasteiger partial charge in [0.15, 0.2) is 5.72 Å². The lowest BCUT2D eigenvalue weighted by atomic mass is 10.3. The zero-order chi connectivity index (χ0) is 10.8. The van der Waals surface area contributed by atoms with Gasteiger partial charge in [0, 0.05) is 19.3 Å². The molecule has 1 saturated carbocycles. The zero-order valence-corrected chi connectivity index (χ0v) is 8.50. The molecular formula is C9H16N2O3. The summed E-state index contributed by atoms with van der Waals surface area (Å²) in [5.74, 6) is -0.584. The van der Waals surface area contributed by atoms with Crippen LogP contribution in [0.25, 0.3) is 0 Å². The zero-order valence-electron chi connectivity index (χ0n) is 8.50.